The summed E-state index contributed by atoms with van der Waals surface area (Å²) in [6.07, 6.45) is 0.206. The maximum atomic E-state index is 10.7. The number of hydrogen-bond donors (Lipinski definition) is 7. The molecular weight excluding hydrogens is 438 g/mol. The number of aromatic hydroxyl groups is 6. The van der Waals surface area contributed by atoms with Crippen molar-refractivity contribution >= 4 is 5.84 Å². The summed E-state index contributed by atoms with van der Waals surface area (Å²) in [5.41, 5.74) is 1.21. The van der Waals surface area contributed by atoms with Gasteiger partial charge in [-0.3, -0.25) is 5.32 Å². The van der Waals surface area contributed by atoms with Crippen molar-refractivity contribution < 1.29 is 30.6 Å². The summed E-state index contributed by atoms with van der Waals surface area (Å²) in [4.78, 5) is 6.66. The lowest BCUT2D eigenvalue weighted by Crippen LogP contribution is -2.48. The van der Waals surface area contributed by atoms with E-state index in [0.717, 1.165) is 12.8 Å². The summed E-state index contributed by atoms with van der Waals surface area (Å²) in [6.45, 7) is 2.55. The fraction of sp³-hybridized carbons (Fsp3) is 0.240. The fourth-order valence-electron chi connectivity index (χ4n) is 4.04. The maximum Gasteiger partial charge on any atom is 0.138 e. The van der Waals surface area contributed by atoms with E-state index < -0.39 is 12.3 Å². The van der Waals surface area contributed by atoms with Crippen LogP contribution in [0.25, 0.3) is 0 Å². The minimum atomic E-state index is -0.806. The maximum absolute atomic E-state index is 10.7. The van der Waals surface area contributed by atoms with Crippen molar-refractivity contribution in [1.29, 1.82) is 0 Å². The molecule has 0 saturated heterocycles. The van der Waals surface area contributed by atoms with Crippen LogP contribution >= 0.6 is 0 Å². The van der Waals surface area contributed by atoms with Gasteiger partial charge < -0.3 is 35.5 Å². The van der Waals surface area contributed by atoms with Crippen LogP contribution in [0, 0.1) is 0 Å². The average molecular weight is 466 g/mol. The van der Waals surface area contributed by atoms with Gasteiger partial charge in [0.15, 0.2) is 0 Å². The van der Waals surface area contributed by atoms with Crippen molar-refractivity contribution in [3.05, 3.63) is 71.3 Å². The summed E-state index contributed by atoms with van der Waals surface area (Å²) in [6, 6.07) is 12.7. The van der Waals surface area contributed by atoms with Crippen LogP contribution < -0.4 is 5.32 Å². The molecule has 178 valence electrons. The summed E-state index contributed by atoms with van der Waals surface area (Å²) in [7, 11) is 0. The van der Waals surface area contributed by atoms with Crippen LogP contribution in [0.4, 0.5) is 0 Å². The van der Waals surface area contributed by atoms with Gasteiger partial charge in [-0.2, -0.15) is 0 Å². The molecule has 7 N–H and O–H groups in total. The van der Waals surface area contributed by atoms with Crippen LogP contribution in [-0.4, -0.2) is 47.9 Å². The van der Waals surface area contributed by atoms with E-state index in [4.69, 9.17) is 4.99 Å². The van der Waals surface area contributed by atoms with E-state index >= 15 is 0 Å². The van der Waals surface area contributed by atoms with Crippen molar-refractivity contribution in [1.82, 2.24) is 10.2 Å². The molecule has 9 heteroatoms. The fourth-order valence-corrected chi connectivity index (χ4v) is 4.04. The van der Waals surface area contributed by atoms with Gasteiger partial charge in [0, 0.05) is 35.9 Å². The first-order valence-corrected chi connectivity index (χ1v) is 10.9. The van der Waals surface area contributed by atoms with E-state index in [1.807, 2.05) is 11.8 Å². The highest BCUT2D eigenvalue weighted by molar-refractivity contribution is 6.02. The lowest BCUT2D eigenvalue weighted by Gasteiger charge is -2.41. The number of hydrogen-bond acceptors (Lipinski definition) is 9. The highest BCUT2D eigenvalue weighted by atomic mass is 16.3. The minimum Gasteiger partial charge on any atom is -0.508 e. The van der Waals surface area contributed by atoms with Crippen molar-refractivity contribution in [3.63, 3.8) is 0 Å². The van der Waals surface area contributed by atoms with Crippen molar-refractivity contribution in [2.75, 3.05) is 6.54 Å². The Morgan fingerprint density at radius 2 is 1.32 bits per heavy atom. The third-order valence-corrected chi connectivity index (χ3v) is 5.74. The van der Waals surface area contributed by atoms with Gasteiger partial charge in [0.2, 0.25) is 0 Å². The van der Waals surface area contributed by atoms with Crippen LogP contribution in [0.15, 0.2) is 59.6 Å². The van der Waals surface area contributed by atoms with Gasteiger partial charge in [0.25, 0.3) is 0 Å². The Bertz CT molecular complexity index is 1230. The van der Waals surface area contributed by atoms with Crippen LogP contribution in [0.3, 0.4) is 0 Å². The molecule has 0 fully saturated rings. The zero-order valence-corrected chi connectivity index (χ0v) is 18.5. The number of nitrogens with zero attached hydrogens (tertiary/aromatic N) is 2. The third-order valence-electron chi connectivity index (χ3n) is 5.74. The van der Waals surface area contributed by atoms with E-state index in [-0.39, 0.29) is 34.5 Å². The molecule has 0 aliphatic carbocycles. The number of benzene rings is 3. The molecule has 34 heavy (non-hydrogen) atoms. The minimum absolute atomic E-state index is 0.0880. The highest BCUT2D eigenvalue weighted by Crippen LogP contribution is 2.40. The number of amidine groups is 1. The quantitative estimate of drug-likeness (QED) is 0.291. The lowest BCUT2D eigenvalue weighted by molar-refractivity contribution is 0.213. The van der Waals surface area contributed by atoms with Crippen LogP contribution in [0.2, 0.25) is 0 Å². The summed E-state index contributed by atoms with van der Waals surface area (Å²) >= 11 is 0. The van der Waals surface area contributed by atoms with E-state index in [9.17, 15) is 30.6 Å². The predicted molar refractivity (Wildman–Crippen MR) is 126 cm³/mol. The molecule has 0 bridgehead atoms. The molecule has 1 heterocycles. The van der Waals surface area contributed by atoms with Crippen molar-refractivity contribution in [3.8, 4) is 34.5 Å². The van der Waals surface area contributed by atoms with Crippen LogP contribution in [-0.2, 0) is 0 Å². The van der Waals surface area contributed by atoms with Crippen LogP contribution in [0.5, 0.6) is 34.5 Å². The molecule has 0 radical (unpaired) electrons. The zero-order chi connectivity index (χ0) is 24.4. The third kappa shape index (κ3) is 4.51. The number of nitrogens with one attached hydrogen (secondary N) is 1. The zero-order valence-electron chi connectivity index (χ0n) is 18.5. The van der Waals surface area contributed by atoms with Crippen molar-refractivity contribution in [2.24, 2.45) is 4.99 Å². The largest absolute Gasteiger partial charge is 0.508 e. The first-order chi connectivity index (χ1) is 16.3. The molecule has 2 atom stereocenters. The van der Waals surface area contributed by atoms with E-state index in [1.165, 1.54) is 42.5 Å². The monoisotopic (exact) mass is 465 g/mol. The molecule has 0 aromatic heterocycles. The molecule has 3 aromatic rings. The van der Waals surface area contributed by atoms with Gasteiger partial charge in [0.1, 0.15) is 52.7 Å². The Hall–Kier alpha value is -4.11. The molecule has 2 unspecified atom stereocenters. The van der Waals surface area contributed by atoms with E-state index in [2.05, 4.69) is 5.32 Å². The topological polar surface area (TPSA) is 149 Å². The van der Waals surface area contributed by atoms with Crippen molar-refractivity contribution in [2.45, 2.75) is 32.1 Å². The molecule has 1 aliphatic rings. The standard InChI is InChI=1S/C25H27N3O6/c1-2-3-10-28-24(18-8-5-15(30)12-21(18)33)26-23(17-7-4-14(29)11-20(17)32)27-25(28)19-9-6-16(31)13-22(19)34/h4-9,11-13,23-24,26,29-34H,2-3,10H2,1H3. The molecule has 0 spiro atoms. The predicted octanol–water partition coefficient (Wildman–Crippen LogP) is 3.77. The Kier molecular flexibility index (Phi) is 6.38. The molecular formula is C25H27N3O6. The molecule has 1 aliphatic heterocycles. The second kappa shape index (κ2) is 9.40. The summed E-state index contributed by atoms with van der Waals surface area (Å²) < 4.78 is 0. The Morgan fingerprint density at radius 1 is 0.765 bits per heavy atom. The number of unbranched alkanes of at least 4 members (excludes halogenated alkanes) is 1. The first-order valence-electron chi connectivity index (χ1n) is 10.9. The lowest BCUT2D eigenvalue weighted by atomic mass is 10.0. The van der Waals surface area contributed by atoms with Crippen LogP contribution in [0.1, 0.15) is 48.8 Å². The van der Waals surface area contributed by atoms with Gasteiger partial charge >= 0.3 is 0 Å². The van der Waals surface area contributed by atoms with Gasteiger partial charge in [-0.25, -0.2) is 4.99 Å². The van der Waals surface area contributed by atoms with E-state index in [0.29, 0.717) is 29.1 Å². The number of aliphatic imine (C=N–C) groups is 1. The van der Waals surface area contributed by atoms with Gasteiger partial charge in [-0.15, -0.1) is 0 Å². The summed E-state index contributed by atoms with van der Waals surface area (Å²) in [5.74, 6) is -0.389. The Balaban J connectivity index is 1.91. The Labute approximate surface area is 196 Å². The SMILES string of the molecule is CCCCN1C(c2ccc(O)cc2O)=NC(c2ccc(O)cc2O)NC1c1ccc(O)cc1O. The van der Waals surface area contributed by atoms with E-state index in [1.54, 1.807) is 12.1 Å². The smallest absolute Gasteiger partial charge is 0.138 e. The average Bonchev–Trinajstić information content (AvgIpc) is 2.77. The number of rotatable bonds is 6. The second-order valence-corrected chi connectivity index (χ2v) is 8.16. The normalized spacial score (nSPS) is 18.0. The van der Waals surface area contributed by atoms with Gasteiger partial charge in [-0.05, 0) is 42.8 Å². The molecule has 9 nitrogen and oxygen atoms in total. The Morgan fingerprint density at radius 3 is 1.88 bits per heavy atom. The van der Waals surface area contributed by atoms with Gasteiger partial charge in [0.05, 0.1) is 5.56 Å². The number of phenols is 6. The van der Waals surface area contributed by atoms with Gasteiger partial charge in [-0.1, -0.05) is 13.3 Å². The first kappa shape index (κ1) is 23.1. The summed E-state index contributed by atoms with van der Waals surface area (Å²) in [5, 5.41) is 64.4. The molecule has 0 amide bonds. The molecule has 0 saturated carbocycles. The highest BCUT2D eigenvalue weighted by Gasteiger charge is 2.35. The number of phenolic OH excluding ortho intramolecular Hbond substituents is 6. The molecule has 3 aromatic carbocycles. The second-order valence-electron chi connectivity index (χ2n) is 8.16. The molecule has 4 rings (SSSR count).